The van der Waals surface area contributed by atoms with E-state index in [0.29, 0.717) is 0 Å². The standard InChI is InChI=1S/C16H21N/c1-5-9-17-10-8-13-11-15(16(2,3)4)7-6-14(13)12-17/h1,6-7,11H,8-10,12H2,2-4H3. The van der Waals surface area contributed by atoms with Gasteiger partial charge >= 0.3 is 0 Å². The normalized spacial score (nSPS) is 16.4. The van der Waals surface area contributed by atoms with Crippen molar-refractivity contribution < 1.29 is 0 Å². The molecule has 0 spiro atoms. The van der Waals surface area contributed by atoms with Gasteiger partial charge in [0.1, 0.15) is 0 Å². The minimum atomic E-state index is 0.241. The minimum absolute atomic E-state index is 0.241. The summed E-state index contributed by atoms with van der Waals surface area (Å²) in [6.45, 7) is 9.65. The Hall–Kier alpha value is -1.26. The van der Waals surface area contributed by atoms with E-state index in [1.165, 1.54) is 16.7 Å². The maximum absolute atomic E-state index is 5.37. The van der Waals surface area contributed by atoms with Gasteiger partial charge in [-0.1, -0.05) is 44.9 Å². The van der Waals surface area contributed by atoms with Crippen molar-refractivity contribution in [3.8, 4) is 12.3 Å². The Morgan fingerprint density at radius 3 is 2.71 bits per heavy atom. The Morgan fingerprint density at radius 1 is 1.29 bits per heavy atom. The summed E-state index contributed by atoms with van der Waals surface area (Å²) in [4.78, 5) is 2.33. The van der Waals surface area contributed by atoms with Crippen molar-refractivity contribution in [3.63, 3.8) is 0 Å². The highest BCUT2D eigenvalue weighted by molar-refractivity contribution is 5.36. The Labute approximate surface area is 105 Å². The lowest BCUT2D eigenvalue weighted by Gasteiger charge is -2.29. The highest BCUT2D eigenvalue weighted by Crippen LogP contribution is 2.27. The van der Waals surface area contributed by atoms with Gasteiger partial charge in [-0.3, -0.25) is 4.90 Å². The number of benzene rings is 1. The van der Waals surface area contributed by atoms with E-state index in [1.54, 1.807) is 0 Å². The third kappa shape index (κ3) is 2.70. The first-order chi connectivity index (χ1) is 8.00. The number of hydrogen-bond donors (Lipinski definition) is 0. The molecule has 1 heteroatoms. The van der Waals surface area contributed by atoms with Gasteiger partial charge in [-0.2, -0.15) is 0 Å². The number of fused-ring (bicyclic) bond motifs is 1. The van der Waals surface area contributed by atoms with Crippen LogP contribution in [0.5, 0.6) is 0 Å². The average Bonchev–Trinajstić information content (AvgIpc) is 2.27. The van der Waals surface area contributed by atoms with Crippen LogP contribution in [-0.2, 0) is 18.4 Å². The van der Waals surface area contributed by atoms with Gasteiger partial charge in [-0.15, -0.1) is 6.42 Å². The fraction of sp³-hybridized carbons (Fsp3) is 0.500. The predicted octanol–water partition coefficient (Wildman–Crippen LogP) is 2.98. The number of nitrogens with zero attached hydrogens (tertiary/aromatic N) is 1. The first-order valence-corrected chi connectivity index (χ1v) is 6.29. The van der Waals surface area contributed by atoms with Crippen LogP contribution >= 0.6 is 0 Å². The fourth-order valence-electron chi connectivity index (χ4n) is 2.34. The molecule has 0 aromatic heterocycles. The van der Waals surface area contributed by atoms with Crippen molar-refractivity contribution in [2.24, 2.45) is 0 Å². The second kappa shape index (κ2) is 4.55. The summed E-state index contributed by atoms with van der Waals surface area (Å²) in [6, 6.07) is 6.92. The van der Waals surface area contributed by atoms with Crippen molar-refractivity contribution in [2.45, 2.75) is 39.2 Å². The topological polar surface area (TPSA) is 3.24 Å². The summed E-state index contributed by atoms with van der Waals surface area (Å²) in [5.41, 5.74) is 4.62. The van der Waals surface area contributed by atoms with Crippen LogP contribution < -0.4 is 0 Å². The third-order valence-corrected chi connectivity index (χ3v) is 3.48. The number of hydrogen-bond acceptors (Lipinski definition) is 1. The number of rotatable bonds is 1. The van der Waals surface area contributed by atoms with Crippen LogP contribution in [0.15, 0.2) is 18.2 Å². The van der Waals surface area contributed by atoms with Gasteiger partial charge in [-0.05, 0) is 28.5 Å². The SMILES string of the molecule is C#CCN1CCc2cc(C(C)(C)C)ccc2C1. The molecule has 0 bridgehead atoms. The molecule has 1 heterocycles. The Kier molecular flexibility index (Phi) is 3.26. The van der Waals surface area contributed by atoms with E-state index >= 15 is 0 Å². The molecule has 0 unspecified atom stereocenters. The lowest BCUT2D eigenvalue weighted by Crippen LogP contribution is -2.31. The minimum Gasteiger partial charge on any atom is -0.288 e. The molecule has 0 saturated heterocycles. The summed E-state index contributed by atoms with van der Waals surface area (Å²) in [6.07, 6.45) is 6.49. The molecule has 1 aromatic rings. The van der Waals surface area contributed by atoms with E-state index in [0.717, 1.165) is 26.1 Å². The van der Waals surface area contributed by atoms with Crippen LogP contribution in [0.4, 0.5) is 0 Å². The van der Waals surface area contributed by atoms with Gasteiger partial charge in [0.15, 0.2) is 0 Å². The second-order valence-electron chi connectivity index (χ2n) is 5.90. The monoisotopic (exact) mass is 227 g/mol. The predicted molar refractivity (Wildman–Crippen MR) is 73.0 cm³/mol. The maximum Gasteiger partial charge on any atom is 0.0601 e. The molecule has 0 radical (unpaired) electrons. The quantitative estimate of drug-likeness (QED) is 0.667. The summed E-state index contributed by atoms with van der Waals surface area (Å²) >= 11 is 0. The van der Waals surface area contributed by atoms with Gasteiger partial charge in [0, 0.05) is 13.1 Å². The van der Waals surface area contributed by atoms with Crippen molar-refractivity contribution in [3.05, 3.63) is 34.9 Å². The molecular formula is C16H21N. The molecule has 0 N–H and O–H groups in total. The molecule has 0 aliphatic carbocycles. The Balaban J connectivity index is 2.23. The van der Waals surface area contributed by atoms with Gasteiger partial charge in [0.2, 0.25) is 0 Å². The molecule has 2 rings (SSSR count). The molecule has 1 aliphatic rings. The van der Waals surface area contributed by atoms with Crippen molar-refractivity contribution in [1.82, 2.24) is 4.90 Å². The van der Waals surface area contributed by atoms with Gasteiger partial charge in [-0.25, -0.2) is 0 Å². The van der Waals surface area contributed by atoms with Gasteiger partial charge in [0.05, 0.1) is 6.54 Å². The van der Waals surface area contributed by atoms with Crippen LogP contribution in [0, 0.1) is 12.3 Å². The third-order valence-electron chi connectivity index (χ3n) is 3.48. The molecule has 17 heavy (non-hydrogen) atoms. The fourth-order valence-corrected chi connectivity index (χ4v) is 2.34. The molecule has 90 valence electrons. The second-order valence-corrected chi connectivity index (χ2v) is 5.90. The van der Waals surface area contributed by atoms with E-state index < -0.39 is 0 Å². The largest absolute Gasteiger partial charge is 0.288 e. The summed E-state index contributed by atoms with van der Waals surface area (Å²) in [7, 11) is 0. The lowest BCUT2D eigenvalue weighted by atomic mass is 9.84. The van der Waals surface area contributed by atoms with Crippen LogP contribution in [0.2, 0.25) is 0 Å². The van der Waals surface area contributed by atoms with Crippen LogP contribution in [-0.4, -0.2) is 18.0 Å². The molecule has 0 amide bonds. The van der Waals surface area contributed by atoms with Crippen LogP contribution in [0.25, 0.3) is 0 Å². The molecule has 1 nitrogen and oxygen atoms in total. The first kappa shape index (κ1) is 12.2. The molecular weight excluding hydrogens is 206 g/mol. The Bertz CT molecular complexity index is 446. The van der Waals surface area contributed by atoms with Crippen LogP contribution in [0.3, 0.4) is 0 Å². The Morgan fingerprint density at radius 2 is 2.06 bits per heavy atom. The van der Waals surface area contributed by atoms with Crippen LogP contribution in [0.1, 0.15) is 37.5 Å². The van der Waals surface area contributed by atoms with E-state index in [2.05, 4.69) is 49.8 Å². The molecule has 0 saturated carbocycles. The van der Waals surface area contributed by atoms with E-state index in [-0.39, 0.29) is 5.41 Å². The smallest absolute Gasteiger partial charge is 0.0601 e. The molecule has 1 aromatic carbocycles. The van der Waals surface area contributed by atoms with Crippen molar-refractivity contribution >= 4 is 0 Å². The summed E-state index contributed by atoms with van der Waals surface area (Å²) in [5.74, 6) is 2.73. The zero-order chi connectivity index (χ0) is 12.5. The van der Waals surface area contributed by atoms with Crippen molar-refractivity contribution in [2.75, 3.05) is 13.1 Å². The van der Waals surface area contributed by atoms with Gasteiger partial charge in [0.25, 0.3) is 0 Å². The summed E-state index contributed by atoms with van der Waals surface area (Å²) in [5, 5.41) is 0. The first-order valence-electron chi connectivity index (χ1n) is 6.29. The van der Waals surface area contributed by atoms with Crippen molar-refractivity contribution in [1.29, 1.82) is 0 Å². The highest BCUT2D eigenvalue weighted by Gasteiger charge is 2.19. The zero-order valence-corrected chi connectivity index (χ0v) is 11.1. The number of terminal acetylenes is 1. The molecule has 0 fully saturated rings. The average molecular weight is 227 g/mol. The lowest BCUT2D eigenvalue weighted by molar-refractivity contribution is 0.286. The molecule has 0 atom stereocenters. The van der Waals surface area contributed by atoms with Gasteiger partial charge < -0.3 is 0 Å². The van der Waals surface area contributed by atoms with E-state index in [1.807, 2.05) is 0 Å². The highest BCUT2D eigenvalue weighted by atomic mass is 15.1. The molecule has 1 aliphatic heterocycles. The van der Waals surface area contributed by atoms with E-state index in [4.69, 9.17) is 6.42 Å². The maximum atomic E-state index is 5.37. The zero-order valence-electron chi connectivity index (χ0n) is 11.1. The summed E-state index contributed by atoms with van der Waals surface area (Å²) < 4.78 is 0. The van der Waals surface area contributed by atoms with E-state index in [9.17, 15) is 0 Å².